The Morgan fingerprint density at radius 2 is 1.35 bits per heavy atom. The van der Waals surface area contributed by atoms with E-state index in [-0.39, 0.29) is 0 Å². The molecule has 0 atom stereocenters. The Balaban J connectivity index is 2.40. The van der Waals surface area contributed by atoms with Gasteiger partial charge in [0, 0.05) is 5.56 Å². The van der Waals surface area contributed by atoms with Crippen LogP contribution in [0.15, 0.2) is 77.2 Å². The zero-order chi connectivity index (χ0) is 14.4. The maximum atomic E-state index is 5.68. The van der Waals surface area contributed by atoms with Gasteiger partial charge in [-0.25, -0.2) is 9.98 Å². The Labute approximate surface area is 119 Å². The summed E-state index contributed by atoms with van der Waals surface area (Å²) >= 11 is 0. The molecule has 0 unspecified atom stereocenters. The fraction of sp³-hybridized carbons (Fsp3) is 0.0588. The van der Waals surface area contributed by atoms with Crippen LogP contribution in [0.2, 0.25) is 0 Å². The maximum absolute atomic E-state index is 5.68. The average molecular weight is 263 g/mol. The molecule has 0 aliphatic heterocycles. The first-order valence-electron chi connectivity index (χ1n) is 6.36. The van der Waals surface area contributed by atoms with Crippen molar-refractivity contribution in [1.82, 2.24) is 0 Å². The number of rotatable bonds is 3. The van der Waals surface area contributed by atoms with Gasteiger partial charge < -0.3 is 5.73 Å². The molecule has 3 nitrogen and oxygen atoms in total. The second-order valence-electron chi connectivity index (χ2n) is 4.37. The van der Waals surface area contributed by atoms with E-state index in [2.05, 4.69) is 16.6 Å². The number of hydrogen-bond acceptors (Lipinski definition) is 1. The van der Waals surface area contributed by atoms with Crippen LogP contribution in [0.3, 0.4) is 0 Å². The minimum atomic E-state index is 0.466. The van der Waals surface area contributed by atoms with Gasteiger partial charge in [-0.3, -0.25) is 0 Å². The summed E-state index contributed by atoms with van der Waals surface area (Å²) in [4.78, 5) is 8.81. The maximum Gasteiger partial charge on any atom is 0.161 e. The van der Waals surface area contributed by atoms with Crippen molar-refractivity contribution in [3.8, 4) is 0 Å². The zero-order valence-corrected chi connectivity index (χ0v) is 11.5. The first-order valence-corrected chi connectivity index (χ1v) is 6.36. The Morgan fingerprint density at radius 1 is 0.850 bits per heavy atom. The molecule has 0 saturated heterocycles. The Morgan fingerprint density at radius 3 is 1.85 bits per heavy atom. The number of nitrogens with zero attached hydrogens (tertiary/aromatic N) is 2. The summed E-state index contributed by atoms with van der Waals surface area (Å²) in [6.45, 7) is 5.74. The molecule has 0 spiro atoms. The highest BCUT2D eigenvalue weighted by Crippen LogP contribution is 2.15. The largest absolute Gasteiger partial charge is 0.387 e. The van der Waals surface area contributed by atoms with Crippen molar-refractivity contribution in [3.63, 3.8) is 0 Å². The number of hydrogen-bond donors (Lipinski definition) is 1. The molecule has 0 fully saturated rings. The van der Waals surface area contributed by atoms with Crippen molar-refractivity contribution in [3.05, 3.63) is 78.4 Å². The van der Waals surface area contributed by atoms with Gasteiger partial charge in [0.2, 0.25) is 0 Å². The van der Waals surface area contributed by atoms with Crippen molar-refractivity contribution in [2.75, 3.05) is 0 Å². The number of nitrogens with two attached hydrogens (primary N) is 1. The molecule has 0 amide bonds. The SMILES string of the molecule is C=C(N=C(N=C(C)N)c1ccccc1)c1ccccc1. The minimum absolute atomic E-state index is 0.466. The lowest BCUT2D eigenvalue weighted by Gasteiger charge is -2.05. The zero-order valence-electron chi connectivity index (χ0n) is 11.5. The first kappa shape index (κ1) is 13.7. The Kier molecular flexibility index (Phi) is 4.45. The van der Waals surface area contributed by atoms with Crippen molar-refractivity contribution >= 4 is 17.4 Å². The highest BCUT2D eigenvalue weighted by Gasteiger charge is 2.04. The summed E-state index contributed by atoms with van der Waals surface area (Å²) < 4.78 is 0. The van der Waals surface area contributed by atoms with Crippen LogP contribution < -0.4 is 5.73 Å². The van der Waals surface area contributed by atoms with Gasteiger partial charge in [-0.2, -0.15) is 0 Å². The quantitative estimate of drug-likeness (QED) is 0.669. The van der Waals surface area contributed by atoms with Gasteiger partial charge >= 0.3 is 0 Å². The van der Waals surface area contributed by atoms with E-state index in [1.54, 1.807) is 6.92 Å². The molecular formula is C17H17N3. The number of aliphatic imine (C=N–C) groups is 2. The first-order chi connectivity index (χ1) is 9.66. The molecule has 0 bridgehead atoms. The normalized spacial score (nSPS) is 12.2. The summed E-state index contributed by atoms with van der Waals surface area (Å²) in [6.07, 6.45) is 0. The van der Waals surface area contributed by atoms with Crippen LogP contribution in [-0.2, 0) is 0 Å². The van der Waals surface area contributed by atoms with E-state index in [0.717, 1.165) is 11.1 Å². The van der Waals surface area contributed by atoms with Crippen molar-refractivity contribution in [2.24, 2.45) is 15.7 Å². The van der Waals surface area contributed by atoms with Gasteiger partial charge in [-0.1, -0.05) is 67.2 Å². The van der Waals surface area contributed by atoms with Crippen LogP contribution in [-0.4, -0.2) is 11.7 Å². The number of amidine groups is 2. The van der Waals surface area contributed by atoms with Crippen LogP contribution in [0, 0.1) is 0 Å². The van der Waals surface area contributed by atoms with E-state index >= 15 is 0 Å². The summed E-state index contributed by atoms with van der Waals surface area (Å²) in [5.41, 5.74) is 8.22. The predicted molar refractivity (Wildman–Crippen MR) is 85.8 cm³/mol. The van der Waals surface area contributed by atoms with E-state index in [0.29, 0.717) is 17.4 Å². The van der Waals surface area contributed by atoms with Gasteiger partial charge in [-0.15, -0.1) is 0 Å². The summed E-state index contributed by atoms with van der Waals surface area (Å²) in [5, 5.41) is 0. The van der Waals surface area contributed by atoms with E-state index < -0.39 is 0 Å². The smallest absolute Gasteiger partial charge is 0.161 e. The summed E-state index contributed by atoms with van der Waals surface area (Å²) in [7, 11) is 0. The van der Waals surface area contributed by atoms with Crippen molar-refractivity contribution in [1.29, 1.82) is 0 Å². The molecule has 0 heterocycles. The summed E-state index contributed by atoms with van der Waals surface area (Å²) in [5.74, 6) is 1.04. The van der Waals surface area contributed by atoms with Gasteiger partial charge in [0.1, 0.15) is 0 Å². The van der Waals surface area contributed by atoms with Crippen LogP contribution in [0.5, 0.6) is 0 Å². The standard InChI is InChI=1S/C17H17N3/c1-13(15-9-5-3-6-10-15)19-17(20-14(2)18)16-11-7-4-8-12-16/h3-12H,1H2,2H3,(H2,18,19,20). The molecular weight excluding hydrogens is 246 g/mol. The lowest BCUT2D eigenvalue weighted by molar-refractivity contribution is 1.43. The third-order valence-electron chi connectivity index (χ3n) is 2.66. The van der Waals surface area contributed by atoms with E-state index in [1.807, 2.05) is 60.7 Å². The van der Waals surface area contributed by atoms with E-state index in [1.165, 1.54) is 0 Å². The molecule has 2 rings (SSSR count). The molecule has 100 valence electrons. The minimum Gasteiger partial charge on any atom is -0.387 e. The highest BCUT2D eigenvalue weighted by atomic mass is 15.0. The second kappa shape index (κ2) is 6.48. The van der Waals surface area contributed by atoms with Gasteiger partial charge in [0.25, 0.3) is 0 Å². The third kappa shape index (κ3) is 3.65. The lowest BCUT2D eigenvalue weighted by atomic mass is 10.1. The Bertz CT molecular complexity index is 636. The molecule has 0 saturated carbocycles. The van der Waals surface area contributed by atoms with Crippen LogP contribution in [0.1, 0.15) is 18.1 Å². The summed E-state index contributed by atoms with van der Waals surface area (Å²) in [6, 6.07) is 19.5. The van der Waals surface area contributed by atoms with Gasteiger partial charge in [-0.05, 0) is 12.5 Å². The van der Waals surface area contributed by atoms with Crippen LogP contribution >= 0.6 is 0 Å². The van der Waals surface area contributed by atoms with Crippen molar-refractivity contribution in [2.45, 2.75) is 6.92 Å². The van der Waals surface area contributed by atoms with Crippen LogP contribution in [0.4, 0.5) is 0 Å². The fourth-order valence-electron chi connectivity index (χ4n) is 1.73. The van der Waals surface area contributed by atoms with Gasteiger partial charge in [0.05, 0.1) is 11.5 Å². The van der Waals surface area contributed by atoms with Crippen LogP contribution in [0.25, 0.3) is 5.70 Å². The second-order valence-corrected chi connectivity index (χ2v) is 4.37. The topological polar surface area (TPSA) is 50.7 Å². The fourth-order valence-corrected chi connectivity index (χ4v) is 1.73. The molecule has 0 aliphatic rings. The molecule has 20 heavy (non-hydrogen) atoms. The van der Waals surface area contributed by atoms with E-state index in [9.17, 15) is 0 Å². The van der Waals surface area contributed by atoms with E-state index in [4.69, 9.17) is 5.73 Å². The third-order valence-corrected chi connectivity index (χ3v) is 2.66. The lowest BCUT2D eigenvalue weighted by Crippen LogP contribution is -2.10. The number of benzene rings is 2. The predicted octanol–water partition coefficient (Wildman–Crippen LogP) is 3.48. The molecule has 2 aromatic carbocycles. The van der Waals surface area contributed by atoms with Gasteiger partial charge in [0.15, 0.2) is 5.84 Å². The van der Waals surface area contributed by atoms with Crippen molar-refractivity contribution < 1.29 is 0 Å². The molecule has 0 radical (unpaired) electrons. The molecule has 2 N–H and O–H groups in total. The highest BCUT2D eigenvalue weighted by molar-refractivity contribution is 6.07. The average Bonchev–Trinajstić information content (AvgIpc) is 2.48. The molecule has 0 aromatic heterocycles. The molecule has 3 heteroatoms. The molecule has 2 aromatic rings. The Hall–Kier alpha value is -2.68. The molecule has 0 aliphatic carbocycles. The monoisotopic (exact) mass is 263 g/mol.